The second-order valence-electron chi connectivity index (χ2n) is 1.50. The molecule has 0 aromatic heterocycles. The fourth-order valence-electron chi connectivity index (χ4n) is 0.313. The monoisotopic (exact) mass is 149 g/mol. The van der Waals surface area contributed by atoms with E-state index in [1.165, 1.54) is 12.4 Å². The first-order chi connectivity index (χ1) is 4.31. The summed E-state index contributed by atoms with van der Waals surface area (Å²) in [5, 5.41) is 0. The molecule has 0 amide bonds. The standard InChI is InChI=1S/C6H9ClFN/c1-2-9-4-3-6(8)5-7/h2,4,6H,1,3,5H2. The molecule has 52 valence electrons. The van der Waals surface area contributed by atoms with Crippen LogP contribution in [0.15, 0.2) is 17.8 Å². The molecule has 0 aliphatic rings. The van der Waals surface area contributed by atoms with E-state index in [-0.39, 0.29) is 12.3 Å². The third-order valence-corrected chi connectivity index (χ3v) is 1.07. The summed E-state index contributed by atoms with van der Waals surface area (Å²) in [6, 6.07) is 0. The van der Waals surface area contributed by atoms with Crippen LogP contribution < -0.4 is 0 Å². The molecule has 0 fully saturated rings. The lowest BCUT2D eigenvalue weighted by Gasteiger charge is -1.94. The molecule has 0 radical (unpaired) electrons. The molecule has 0 heterocycles. The molecular formula is C6H9ClFN. The van der Waals surface area contributed by atoms with E-state index in [1.54, 1.807) is 0 Å². The minimum atomic E-state index is -0.977. The summed E-state index contributed by atoms with van der Waals surface area (Å²) in [7, 11) is 0. The maximum absolute atomic E-state index is 12.2. The van der Waals surface area contributed by atoms with Gasteiger partial charge in [-0.3, -0.25) is 4.99 Å². The van der Waals surface area contributed by atoms with Crippen LogP contribution in [-0.4, -0.2) is 18.3 Å². The molecule has 0 spiro atoms. The Hall–Kier alpha value is -0.370. The zero-order valence-corrected chi connectivity index (χ0v) is 5.81. The Balaban J connectivity index is 3.25. The van der Waals surface area contributed by atoms with Gasteiger partial charge >= 0.3 is 0 Å². The Morgan fingerprint density at radius 3 is 2.89 bits per heavy atom. The lowest BCUT2D eigenvalue weighted by atomic mass is 10.3. The third-order valence-electron chi connectivity index (χ3n) is 0.739. The fraction of sp³-hybridized carbons (Fsp3) is 0.500. The first-order valence-electron chi connectivity index (χ1n) is 2.63. The molecule has 1 nitrogen and oxygen atoms in total. The van der Waals surface area contributed by atoms with Gasteiger partial charge in [0.2, 0.25) is 0 Å². The molecule has 0 rings (SSSR count). The average molecular weight is 150 g/mol. The average Bonchev–Trinajstić information content (AvgIpc) is 1.89. The Labute approximate surface area is 59.2 Å². The lowest BCUT2D eigenvalue weighted by molar-refractivity contribution is 0.379. The molecule has 0 aromatic rings. The Kier molecular flexibility index (Phi) is 5.52. The van der Waals surface area contributed by atoms with Gasteiger partial charge in [-0.1, -0.05) is 6.58 Å². The van der Waals surface area contributed by atoms with Crippen LogP contribution in [0.25, 0.3) is 0 Å². The predicted molar refractivity (Wildman–Crippen MR) is 38.9 cm³/mol. The Morgan fingerprint density at radius 1 is 1.78 bits per heavy atom. The van der Waals surface area contributed by atoms with E-state index in [4.69, 9.17) is 11.6 Å². The predicted octanol–water partition coefficient (Wildman–Crippen LogP) is 2.17. The van der Waals surface area contributed by atoms with Gasteiger partial charge in [0.25, 0.3) is 0 Å². The molecule has 3 heteroatoms. The van der Waals surface area contributed by atoms with Crippen LogP contribution in [0.4, 0.5) is 4.39 Å². The number of hydrogen-bond acceptors (Lipinski definition) is 1. The van der Waals surface area contributed by atoms with Crippen molar-refractivity contribution in [1.82, 2.24) is 0 Å². The molecule has 9 heavy (non-hydrogen) atoms. The van der Waals surface area contributed by atoms with Crippen molar-refractivity contribution in [2.75, 3.05) is 5.88 Å². The van der Waals surface area contributed by atoms with Crippen molar-refractivity contribution in [2.45, 2.75) is 12.6 Å². The largest absolute Gasteiger partial charge is 0.270 e. The molecule has 0 saturated carbocycles. The number of nitrogens with zero attached hydrogens (tertiary/aromatic N) is 1. The van der Waals surface area contributed by atoms with E-state index in [1.807, 2.05) is 0 Å². The topological polar surface area (TPSA) is 12.4 Å². The van der Waals surface area contributed by atoms with Crippen molar-refractivity contribution in [1.29, 1.82) is 0 Å². The van der Waals surface area contributed by atoms with Crippen LogP contribution in [0.2, 0.25) is 0 Å². The van der Waals surface area contributed by atoms with Gasteiger partial charge in [-0.25, -0.2) is 4.39 Å². The second kappa shape index (κ2) is 5.76. The highest BCUT2D eigenvalue weighted by Gasteiger charge is 1.99. The molecule has 0 bridgehead atoms. The van der Waals surface area contributed by atoms with Gasteiger partial charge in [-0.05, 0) is 0 Å². The number of aliphatic imine (C=N–C) groups is 1. The van der Waals surface area contributed by atoms with Crippen LogP contribution >= 0.6 is 11.6 Å². The zero-order valence-electron chi connectivity index (χ0n) is 5.06. The fourth-order valence-corrected chi connectivity index (χ4v) is 0.439. The number of alkyl halides is 2. The molecule has 0 aliphatic heterocycles. The molecule has 0 N–H and O–H groups in total. The van der Waals surface area contributed by atoms with Gasteiger partial charge in [0, 0.05) is 18.8 Å². The van der Waals surface area contributed by atoms with Crippen molar-refractivity contribution in [3.8, 4) is 0 Å². The smallest absolute Gasteiger partial charge is 0.118 e. The van der Waals surface area contributed by atoms with E-state index in [9.17, 15) is 4.39 Å². The summed E-state index contributed by atoms with van der Waals surface area (Å²) in [6.45, 7) is 3.33. The maximum Gasteiger partial charge on any atom is 0.118 e. The molecule has 1 unspecified atom stereocenters. The maximum atomic E-state index is 12.2. The van der Waals surface area contributed by atoms with Crippen LogP contribution in [-0.2, 0) is 0 Å². The third kappa shape index (κ3) is 5.50. The molecule has 1 atom stereocenters. The van der Waals surface area contributed by atoms with Gasteiger partial charge < -0.3 is 0 Å². The van der Waals surface area contributed by atoms with Crippen LogP contribution in [0.3, 0.4) is 0 Å². The molecule has 0 saturated heterocycles. The number of hydrogen-bond donors (Lipinski definition) is 0. The van der Waals surface area contributed by atoms with E-state index in [0.717, 1.165) is 0 Å². The molecular weight excluding hydrogens is 141 g/mol. The normalized spacial score (nSPS) is 14.0. The molecule has 0 aromatic carbocycles. The van der Waals surface area contributed by atoms with Crippen molar-refractivity contribution in [3.63, 3.8) is 0 Å². The minimum Gasteiger partial charge on any atom is -0.270 e. The van der Waals surface area contributed by atoms with E-state index in [2.05, 4.69) is 11.6 Å². The quantitative estimate of drug-likeness (QED) is 0.429. The van der Waals surface area contributed by atoms with Crippen molar-refractivity contribution in [3.05, 3.63) is 12.8 Å². The first-order valence-corrected chi connectivity index (χ1v) is 3.17. The van der Waals surface area contributed by atoms with Gasteiger partial charge in [0.1, 0.15) is 6.17 Å². The lowest BCUT2D eigenvalue weighted by Crippen LogP contribution is -2.00. The minimum absolute atomic E-state index is 0.0309. The van der Waals surface area contributed by atoms with Crippen molar-refractivity contribution < 1.29 is 4.39 Å². The Morgan fingerprint density at radius 2 is 2.44 bits per heavy atom. The zero-order chi connectivity index (χ0) is 7.11. The summed E-state index contributed by atoms with van der Waals surface area (Å²) in [5.74, 6) is 0.0309. The summed E-state index contributed by atoms with van der Waals surface area (Å²) < 4.78 is 12.2. The van der Waals surface area contributed by atoms with Gasteiger partial charge in [-0.15, -0.1) is 11.6 Å². The van der Waals surface area contributed by atoms with E-state index >= 15 is 0 Å². The second-order valence-corrected chi connectivity index (χ2v) is 1.81. The highest BCUT2D eigenvalue weighted by molar-refractivity contribution is 6.18. The summed E-state index contributed by atoms with van der Waals surface area (Å²) >= 11 is 5.17. The van der Waals surface area contributed by atoms with Gasteiger partial charge in [-0.2, -0.15) is 0 Å². The highest BCUT2D eigenvalue weighted by atomic mass is 35.5. The van der Waals surface area contributed by atoms with Crippen LogP contribution in [0.5, 0.6) is 0 Å². The van der Waals surface area contributed by atoms with E-state index < -0.39 is 6.17 Å². The van der Waals surface area contributed by atoms with Crippen LogP contribution in [0.1, 0.15) is 6.42 Å². The van der Waals surface area contributed by atoms with E-state index in [0.29, 0.717) is 0 Å². The molecule has 0 aliphatic carbocycles. The Bertz CT molecular complexity index is 103. The highest BCUT2D eigenvalue weighted by Crippen LogP contribution is 1.97. The summed E-state index contributed by atoms with van der Waals surface area (Å²) in [4.78, 5) is 3.60. The van der Waals surface area contributed by atoms with Gasteiger partial charge in [0.15, 0.2) is 0 Å². The van der Waals surface area contributed by atoms with Gasteiger partial charge in [0.05, 0.1) is 5.88 Å². The van der Waals surface area contributed by atoms with Crippen molar-refractivity contribution >= 4 is 17.8 Å². The van der Waals surface area contributed by atoms with Crippen molar-refractivity contribution in [2.24, 2.45) is 4.99 Å². The number of halogens is 2. The first kappa shape index (κ1) is 8.63. The summed E-state index contributed by atoms with van der Waals surface area (Å²) in [5.41, 5.74) is 0. The summed E-state index contributed by atoms with van der Waals surface area (Å²) in [6.07, 6.45) is 2.12. The SMILES string of the molecule is C=CN=CCC(F)CCl. The number of rotatable bonds is 4. The van der Waals surface area contributed by atoms with Crippen LogP contribution in [0, 0.1) is 0 Å².